The zero-order valence-electron chi connectivity index (χ0n) is 17.5. The van der Waals surface area contributed by atoms with Gasteiger partial charge in [-0.3, -0.25) is 4.79 Å². The minimum Gasteiger partial charge on any atom is -0.408 e. The van der Waals surface area contributed by atoms with E-state index in [1.54, 1.807) is 31.2 Å². The maximum atomic E-state index is 13.3. The molecule has 0 radical (unpaired) electrons. The number of fused-ring (bicyclic) bond motifs is 1. The molecule has 4 rings (SSSR count). The summed E-state index contributed by atoms with van der Waals surface area (Å²) in [5.41, 5.74) is 0. The smallest absolute Gasteiger partial charge is 0.408 e. The maximum absolute atomic E-state index is 13.3. The molecule has 2 saturated heterocycles. The van der Waals surface area contributed by atoms with Gasteiger partial charge in [0.05, 0.1) is 24.2 Å². The predicted octanol–water partition coefficient (Wildman–Crippen LogP) is 3.55. The number of halogens is 1. The van der Waals surface area contributed by atoms with Gasteiger partial charge in [0, 0.05) is 32.0 Å². The van der Waals surface area contributed by atoms with E-state index in [1.807, 2.05) is 0 Å². The number of imide groups is 1. The summed E-state index contributed by atoms with van der Waals surface area (Å²) in [6.07, 6.45) is 2.71. The number of rotatable bonds is 3. The number of amides is 2. The molecule has 30 heavy (non-hydrogen) atoms. The Morgan fingerprint density at radius 3 is 2.73 bits per heavy atom. The number of nitrogens with zero attached hydrogens (tertiary/aromatic N) is 2. The Bertz CT molecular complexity index is 797. The van der Waals surface area contributed by atoms with Gasteiger partial charge in [0.1, 0.15) is 0 Å². The summed E-state index contributed by atoms with van der Waals surface area (Å²) >= 11 is 6.09. The minimum absolute atomic E-state index is 0.201. The van der Waals surface area contributed by atoms with Crippen molar-refractivity contribution in [1.82, 2.24) is 9.80 Å². The highest BCUT2D eigenvalue weighted by atomic mass is 35.5. The lowest BCUT2D eigenvalue weighted by atomic mass is 9.72. The van der Waals surface area contributed by atoms with Crippen molar-refractivity contribution in [2.45, 2.75) is 44.4 Å². The van der Waals surface area contributed by atoms with Crippen LogP contribution in [0.15, 0.2) is 24.3 Å². The lowest BCUT2D eigenvalue weighted by molar-refractivity contribution is -0.202. The number of hydrogen-bond acceptors (Lipinski definition) is 6. The second-order valence-corrected chi connectivity index (χ2v) is 8.84. The summed E-state index contributed by atoms with van der Waals surface area (Å²) in [6, 6.07) is 7.16. The van der Waals surface area contributed by atoms with Gasteiger partial charge in [0.2, 0.25) is 5.91 Å². The van der Waals surface area contributed by atoms with Crippen molar-refractivity contribution in [3.05, 3.63) is 29.3 Å². The zero-order chi connectivity index (χ0) is 21.3. The predicted molar refractivity (Wildman–Crippen MR) is 111 cm³/mol. The average molecular weight is 437 g/mol. The number of likely N-dealkylation sites (tertiary alicyclic amines) is 1. The Morgan fingerprint density at radius 2 is 2.03 bits per heavy atom. The van der Waals surface area contributed by atoms with Crippen LogP contribution >= 0.6 is 11.6 Å². The SMILES string of the molecule is CCN(C(=O)Oc1ccccc1Cl)C(=O)[C@@H]1C[C@@H]2CC3(CC[C@H]2N(C)C1)OCCO3. The first-order valence-electron chi connectivity index (χ1n) is 10.7. The normalized spacial score (nSPS) is 28.2. The molecule has 1 spiro atoms. The summed E-state index contributed by atoms with van der Waals surface area (Å²) in [6.45, 7) is 3.91. The van der Waals surface area contributed by atoms with Gasteiger partial charge < -0.3 is 19.1 Å². The first-order chi connectivity index (χ1) is 14.4. The lowest BCUT2D eigenvalue weighted by Gasteiger charge is -2.49. The summed E-state index contributed by atoms with van der Waals surface area (Å²) in [5, 5.41) is 0.332. The summed E-state index contributed by atoms with van der Waals surface area (Å²) in [7, 11) is 2.06. The number of benzene rings is 1. The molecule has 3 fully saturated rings. The Balaban J connectivity index is 1.44. The molecule has 164 valence electrons. The molecule has 2 heterocycles. The third-order valence-corrected chi connectivity index (χ3v) is 6.91. The number of hydrogen-bond donors (Lipinski definition) is 0. The fourth-order valence-corrected chi connectivity index (χ4v) is 5.37. The van der Waals surface area contributed by atoms with E-state index in [0.717, 1.165) is 25.7 Å². The van der Waals surface area contributed by atoms with Gasteiger partial charge in [0.15, 0.2) is 11.5 Å². The van der Waals surface area contributed by atoms with Crippen LogP contribution in [-0.2, 0) is 14.3 Å². The standard InChI is InChI=1S/C22H29ClN2O5/c1-3-25(21(27)30-19-7-5-4-6-17(19)23)20(26)16-12-15-13-22(28-10-11-29-22)9-8-18(15)24(2)14-16/h4-7,15-16,18H,3,8-14H2,1-2H3/t15-,16-,18-/m1/s1. The fraction of sp³-hybridized carbons (Fsp3) is 0.636. The van der Waals surface area contributed by atoms with Gasteiger partial charge >= 0.3 is 6.09 Å². The molecule has 7 nitrogen and oxygen atoms in total. The van der Waals surface area contributed by atoms with Crippen LogP contribution in [0.25, 0.3) is 0 Å². The van der Waals surface area contributed by atoms with Crippen LogP contribution in [0.1, 0.15) is 32.6 Å². The van der Waals surface area contributed by atoms with Crippen LogP contribution < -0.4 is 4.74 Å². The van der Waals surface area contributed by atoms with Crippen LogP contribution in [0.5, 0.6) is 5.75 Å². The van der Waals surface area contributed by atoms with E-state index in [1.165, 1.54) is 4.90 Å². The highest BCUT2D eigenvalue weighted by Crippen LogP contribution is 2.45. The Kier molecular flexibility index (Phi) is 6.34. The van der Waals surface area contributed by atoms with Crippen LogP contribution in [0.3, 0.4) is 0 Å². The second-order valence-electron chi connectivity index (χ2n) is 8.43. The van der Waals surface area contributed by atoms with Crippen molar-refractivity contribution in [1.29, 1.82) is 0 Å². The molecule has 1 aromatic rings. The van der Waals surface area contributed by atoms with E-state index in [4.69, 9.17) is 25.8 Å². The molecule has 0 aromatic heterocycles. The van der Waals surface area contributed by atoms with E-state index >= 15 is 0 Å². The fourth-order valence-electron chi connectivity index (χ4n) is 5.19. The lowest BCUT2D eigenvalue weighted by Crippen LogP contribution is -2.56. The number of ether oxygens (including phenoxy) is 3. The van der Waals surface area contributed by atoms with Crippen molar-refractivity contribution >= 4 is 23.6 Å². The maximum Gasteiger partial charge on any atom is 0.422 e. The number of carbonyl (C=O) groups excluding carboxylic acids is 2. The van der Waals surface area contributed by atoms with Gasteiger partial charge in [-0.05, 0) is 44.9 Å². The molecule has 3 atom stereocenters. The first kappa shape index (κ1) is 21.6. The monoisotopic (exact) mass is 436 g/mol. The number of piperidine rings is 1. The van der Waals surface area contributed by atoms with Crippen LogP contribution in [0.4, 0.5) is 4.79 Å². The molecule has 1 aliphatic carbocycles. The zero-order valence-corrected chi connectivity index (χ0v) is 18.3. The van der Waals surface area contributed by atoms with E-state index < -0.39 is 11.9 Å². The molecular weight excluding hydrogens is 408 g/mol. The topological polar surface area (TPSA) is 68.3 Å². The summed E-state index contributed by atoms with van der Waals surface area (Å²) in [5.74, 6) is -0.413. The molecule has 0 unspecified atom stereocenters. The third kappa shape index (κ3) is 4.21. The summed E-state index contributed by atoms with van der Waals surface area (Å²) < 4.78 is 17.2. The molecule has 1 aromatic carbocycles. The quantitative estimate of drug-likeness (QED) is 0.721. The first-order valence-corrected chi connectivity index (χ1v) is 11.1. The van der Waals surface area contributed by atoms with Crippen molar-refractivity contribution in [3.8, 4) is 5.75 Å². The van der Waals surface area contributed by atoms with Crippen molar-refractivity contribution in [2.24, 2.45) is 11.8 Å². The van der Waals surface area contributed by atoms with E-state index in [0.29, 0.717) is 36.7 Å². The Morgan fingerprint density at radius 1 is 1.30 bits per heavy atom. The van der Waals surface area contributed by atoms with Crippen LogP contribution in [-0.4, -0.2) is 67.0 Å². The van der Waals surface area contributed by atoms with Crippen LogP contribution in [0, 0.1) is 11.8 Å². The second kappa shape index (κ2) is 8.83. The van der Waals surface area contributed by atoms with Gasteiger partial charge in [-0.15, -0.1) is 0 Å². The van der Waals surface area contributed by atoms with Crippen LogP contribution in [0.2, 0.25) is 5.02 Å². The molecule has 2 amide bonds. The van der Waals surface area contributed by atoms with Gasteiger partial charge in [-0.1, -0.05) is 23.7 Å². The molecule has 2 aliphatic heterocycles. The third-order valence-electron chi connectivity index (χ3n) is 6.60. The molecular formula is C22H29ClN2O5. The Labute approximate surface area is 182 Å². The highest BCUT2D eigenvalue weighted by Gasteiger charge is 2.49. The van der Waals surface area contributed by atoms with Crippen molar-refractivity contribution in [2.75, 3.05) is 33.4 Å². The van der Waals surface area contributed by atoms with Crippen molar-refractivity contribution < 1.29 is 23.8 Å². The van der Waals surface area contributed by atoms with Gasteiger partial charge in [-0.2, -0.15) is 0 Å². The molecule has 0 bridgehead atoms. The van der Waals surface area contributed by atoms with E-state index in [2.05, 4.69) is 11.9 Å². The molecule has 8 heteroatoms. The van der Waals surface area contributed by atoms with E-state index in [-0.39, 0.29) is 24.1 Å². The number of carbonyl (C=O) groups is 2. The van der Waals surface area contributed by atoms with Gasteiger partial charge in [-0.25, -0.2) is 9.69 Å². The average Bonchev–Trinajstić information content (AvgIpc) is 3.17. The molecule has 1 saturated carbocycles. The van der Waals surface area contributed by atoms with Gasteiger partial charge in [0.25, 0.3) is 0 Å². The summed E-state index contributed by atoms with van der Waals surface area (Å²) in [4.78, 5) is 29.4. The largest absolute Gasteiger partial charge is 0.422 e. The Hall–Kier alpha value is -1.67. The number of para-hydroxylation sites is 1. The van der Waals surface area contributed by atoms with Crippen molar-refractivity contribution in [3.63, 3.8) is 0 Å². The van der Waals surface area contributed by atoms with E-state index in [9.17, 15) is 9.59 Å². The molecule has 3 aliphatic rings. The highest BCUT2D eigenvalue weighted by molar-refractivity contribution is 6.32. The minimum atomic E-state index is -0.692. The molecule has 0 N–H and O–H groups in total.